The second kappa shape index (κ2) is 8.24. The van der Waals surface area contributed by atoms with E-state index in [2.05, 4.69) is 15.3 Å². The van der Waals surface area contributed by atoms with Crippen LogP contribution in [0.15, 0.2) is 54.2 Å². The molecule has 5 rings (SSSR count). The number of imidazole rings is 2. The lowest BCUT2D eigenvalue weighted by molar-refractivity contribution is -0.166. The first-order chi connectivity index (χ1) is 15.8. The van der Waals surface area contributed by atoms with Gasteiger partial charge in [0.1, 0.15) is 11.4 Å². The van der Waals surface area contributed by atoms with Crippen molar-refractivity contribution < 1.29 is 17.9 Å². The lowest BCUT2D eigenvalue weighted by atomic mass is 9.89. The Morgan fingerprint density at radius 3 is 2.61 bits per heavy atom. The van der Waals surface area contributed by atoms with Crippen LogP contribution in [-0.2, 0) is 38.7 Å². The number of carbonyl (C=O) groups excluding carboxylic acids is 1. The highest BCUT2D eigenvalue weighted by atomic mass is 35.5. The number of ether oxygens (including phenoxy) is 1. The molecule has 2 aromatic heterocycles. The molecule has 2 aliphatic rings. The maximum Gasteiger partial charge on any atom is 0.262 e. The number of benzene rings is 1. The second-order valence-electron chi connectivity index (χ2n) is 8.28. The highest BCUT2D eigenvalue weighted by Gasteiger charge is 2.48. The molecule has 1 amide bonds. The van der Waals surface area contributed by atoms with Crippen molar-refractivity contribution in [3.63, 3.8) is 0 Å². The number of hydrogen-bond donors (Lipinski definition) is 1. The van der Waals surface area contributed by atoms with Crippen molar-refractivity contribution in [3.05, 3.63) is 60.0 Å². The van der Waals surface area contributed by atoms with Crippen LogP contribution in [-0.4, -0.2) is 56.9 Å². The number of halogens is 1. The Hall–Kier alpha value is -2.73. The molecule has 10 nitrogen and oxygen atoms in total. The van der Waals surface area contributed by atoms with E-state index in [1.807, 2.05) is 10.8 Å². The van der Waals surface area contributed by atoms with E-state index in [-0.39, 0.29) is 24.0 Å². The van der Waals surface area contributed by atoms with E-state index >= 15 is 0 Å². The van der Waals surface area contributed by atoms with E-state index in [4.69, 9.17) is 16.3 Å². The van der Waals surface area contributed by atoms with Crippen LogP contribution in [0.5, 0.6) is 0 Å². The molecule has 0 bridgehead atoms. The minimum atomic E-state index is -3.71. The molecule has 0 saturated carbocycles. The van der Waals surface area contributed by atoms with Crippen molar-refractivity contribution >= 4 is 33.2 Å². The van der Waals surface area contributed by atoms with Gasteiger partial charge in [-0.15, -0.1) is 0 Å². The maximum absolute atomic E-state index is 13.0. The molecule has 33 heavy (non-hydrogen) atoms. The number of fused-ring (bicyclic) bond motifs is 2. The van der Waals surface area contributed by atoms with Crippen LogP contribution in [0.25, 0.3) is 0 Å². The van der Waals surface area contributed by atoms with Crippen LogP contribution in [0, 0.1) is 0 Å². The summed E-state index contributed by atoms with van der Waals surface area (Å²) in [6.45, 7) is 0.793. The van der Waals surface area contributed by atoms with Gasteiger partial charge in [0.25, 0.3) is 15.9 Å². The maximum atomic E-state index is 13.0. The highest BCUT2D eigenvalue weighted by Crippen LogP contribution is 2.41. The minimum Gasteiger partial charge on any atom is -0.352 e. The van der Waals surface area contributed by atoms with E-state index in [0.717, 1.165) is 0 Å². The number of rotatable bonds is 4. The summed E-state index contributed by atoms with van der Waals surface area (Å²) in [6.07, 6.45) is 6.45. The molecule has 2 aliphatic heterocycles. The van der Waals surface area contributed by atoms with Gasteiger partial charge in [0.05, 0.1) is 12.9 Å². The van der Waals surface area contributed by atoms with Crippen molar-refractivity contribution in [2.75, 3.05) is 18.4 Å². The molecule has 1 N–H and O–H groups in total. The first-order valence-corrected chi connectivity index (χ1v) is 12.3. The van der Waals surface area contributed by atoms with Crippen LogP contribution in [0.4, 0.5) is 5.69 Å². The average Bonchev–Trinajstić information content (AvgIpc) is 3.45. The molecule has 0 aliphatic carbocycles. The standard InChI is InChI=1S/C21H23ClN6O4S/c1-26-13-18(24-14-26)33(30,31)28-9-6-21(7-10-28)20-23-8-11-27(20)12-17(32-21)19(29)25-16-4-2-15(22)3-5-16/h2-5,8,11,13-14,17H,6-7,9-10,12H2,1H3,(H,25,29). The lowest BCUT2D eigenvalue weighted by Crippen LogP contribution is -2.53. The third-order valence-electron chi connectivity index (χ3n) is 6.07. The molecule has 0 radical (unpaired) electrons. The number of sulfonamides is 1. The monoisotopic (exact) mass is 490 g/mol. The number of piperidine rings is 1. The van der Waals surface area contributed by atoms with E-state index in [1.165, 1.54) is 16.8 Å². The zero-order chi connectivity index (χ0) is 23.2. The van der Waals surface area contributed by atoms with Crippen LogP contribution in [0.2, 0.25) is 5.02 Å². The summed E-state index contributed by atoms with van der Waals surface area (Å²) >= 11 is 5.92. The zero-order valence-corrected chi connectivity index (χ0v) is 19.5. The predicted molar refractivity (Wildman–Crippen MR) is 120 cm³/mol. The van der Waals surface area contributed by atoms with E-state index in [0.29, 0.717) is 35.9 Å². The summed E-state index contributed by atoms with van der Waals surface area (Å²) in [4.78, 5) is 21.5. The number of carbonyl (C=O) groups is 1. The molecule has 1 unspecified atom stereocenters. The fourth-order valence-electron chi connectivity index (χ4n) is 4.37. The van der Waals surface area contributed by atoms with Gasteiger partial charge < -0.3 is 19.2 Å². The number of nitrogens with one attached hydrogen (secondary N) is 1. The molecule has 174 valence electrons. The van der Waals surface area contributed by atoms with Crippen LogP contribution < -0.4 is 5.32 Å². The van der Waals surface area contributed by atoms with Crippen LogP contribution >= 0.6 is 11.6 Å². The third-order valence-corrected chi connectivity index (χ3v) is 8.11. The minimum absolute atomic E-state index is 0.0206. The first-order valence-electron chi connectivity index (χ1n) is 10.5. The Labute approximate surface area is 196 Å². The summed E-state index contributed by atoms with van der Waals surface area (Å²) in [5.41, 5.74) is -0.227. The fourth-order valence-corrected chi connectivity index (χ4v) is 5.91. The van der Waals surface area contributed by atoms with Crippen molar-refractivity contribution in [3.8, 4) is 0 Å². The molecule has 12 heteroatoms. The van der Waals surface area contributed by atoms with Gasteiger partial charge >= 0.3 is 0 Å². The summed E-state index contributed by atoms with van der Waals surface area (Å²) in [7, 11) is -1.98. The summed E-state index contributed by atoms with van der Waals surface area (Å²) in [6, 6.07) is 6.85. The number of aryl methyl sites for hydroxylation is 1. The number of nitrogens with zero attached hydrogens (tertiary/aromatic N) is 5. The SMILES string of the molecule is Cn1cnc(S(=O)(=O)N2CCC3(CC2)OC(C(=O)Nc2ccc(Cl)cc2)Cn2ccnc23)c1. The molecular weight excluding hydrogens is 468 g/mol. The number of aromatic nitrogens is 4. The molecular formula is C21H23ClN6O4S. The van der Waals surface area contributed by atoms with Gasteiger partial charge in [-0.2, -0.15) is 4.31 Å². The van der Waals surface area contributed by atoms with Gasteiger partial charge in [0.15, 0.2) is 11.1 Å². The Bertz CT molecular complexity index is 1280. The summed E-state index contributed by atoms with van der Waals surface area (Å²) in [5.74, 6) is 0.438. The van der Waals surface area contributed by atoms with Gasteiger partial charge in [0.2, 0.25) is 0 Å². The first kappa shape index (κ1) is 22.1. The van der Waals surface area contributed by atoms with Gasteiger partial charge in [-0.25, -0.2) is 18.4 Å². The fraction of sp³-hybridized carbons (Fsp3) is 0.381. The number of hydrogen-bond acceptors (Lipinski definition) is 6. The molecule has 1 fully saturated rings. The van der Waals surface area contributed by atoms with Crippen molar-refractivity contribution in [2.24, 2.45) is 7.05 Å². The van der Waals surface area contributed by atoms with Gasteiger partial charge in [0, 0.05) is 49.4 Å². The average molecular weight is 491 g/mol. The van der Waals surface area contributed by atoms with Crippen molar-refractivity contribution in [1.82, 2.24) is 23.4 Å². The van der Waals surface area contributed by atoms with Gasteiger partial charge in [-0.1, -0.05) is 11.6 Å². The molecule has 1 aromatic carbocycles. The Morgan fingerprint density at radius 1 is 1.21 bits per heavy atom. The molecule has 3 aromatic rings. The Balaban J connectivity index is 1.35. The highest BCUT2D eigenvalue weighted by molar-refractivity contribution is 7.89. The Kier molecular flexibility index (Phi) is 5.52. The summed E-state index contributed by atoms with van der Waals surface area (Å²) < 4.78 is 37.3. The molecule has 1 spiro atoms. The molecule has 1 saturated heterocycles. The second-order valence-corrected chi connectivity index (χ2v) is 10.6. The van der Waals surface area contributed by atoms with E-state index in [1.54, 1.807) is 42.1 Å². The number of anilines is 1. The zero-order valence-electron chi connectivity index (χ0n) is 17.9. The molecule has 1 atom stereocenters. The van der Waals surface area contributed by atoms with Crippen molar-refractivity contribution in [2.45, 2.75) is 36.1 Å². The van der Waals surface area contributed by atoms with Crippen LogP contribution in [0.3, 0.4) is 0 Å². The van der Waals surface area contributed by atoms with Gasteiger partial charge in [-0.3, -0.25) is 4.79 Å². The number of amides is 1. The van der Waals surface area contributed by atoms with E-state index < -0.39 is 21.7 Å². The van der Waals surface area contributed by atoms with Crippen molar-refractivity contribution in [1.29, 1.82) is 0 Å². The van der Waals surface area contributed by atoms with E-state index in [9.17, 15) is 13.2 Å². The molecule has 4 heterocycles. The predicted octanol–water partition coefficient (Wildman–Crippen LogP) is 1.99. The largest absolute Gasteiger partial charge is 0.352 e. The Morgan fingerprint density at radius 2 is 1.94 bits per heavy atom. The topological polar surface area (TPSA) is 111 Å². The quantitative estimate of drug-likeness (QED) is 0.598. The smallest absolute Gasteiger partial charge is 0.262 e. The third kappa shape index (κ3) is 4.05. The van der Waals surface area contributed by atoms with Gasteiger partial charge in [-0.05, 0) is 37.1 Å². The lowest BCUT2D eigenvalue weighted by Gasteiger charge is -2.45. The van der Waals surface area contributed by atoms with Crippen LogP contribution in [0.1, 0.15) is 18.7 Å². The normalized spacial score (nSPS) is 20.5. The summed E-state index contributed by atoms with van der Waals surface area (Å²) in [5, 5.41) is 3.47.